The Balaban J connectivity index is -0.000000270. The summed E-state index contributed by atoms with van der Waals surface area (Å²) < 4.78 is 1.55. The van der Waals surface area contributed by atoms with E-state index in [2.05, 4.69) is 46.2 Å². The Bertz CT molecular complexity index is 177. The molecule has 0 aromatic carbocycles. The van der Waals surface area contributed by atoms with Crippen molar-refractivity contribution in [1.82, 2.24) is 0 Å². The Morgan fingerprint density at radius 3 is 1.92 bits per heavy atom. The van der Waals surface area contributed by atoms with E-state index >= 15 is 0 Å². The second-order valence-electron chi connectivity index (χ2n) is 2.70. The molecule has 1 rings (SSSR count). The van der Waals surface area contributed by atoms with Crippen molar-refractivity contribution in [3.63, 3.8) is 0 Å². The summed E-state index contributed by atoms with van der Waals surface area (Å²) in [6.45, 7) is 5.20. The molecule has 1 aliphatic rings. The van der Waals surface area contributed by atoms with Crippen LogP contribution >= 0.6 is 0 Å². The van der Waals surface area contributed by atoms with Gasteiger partial charge in [0.15, 0.2) is 0 Å². The van der Waals surface area contributed by atoms with Gasteiger partial charge in [0.2, 0.25) is 0 Å². The standard InChI is InChI=1S/C7H10B.3ClH.Ti/c1-8(2)7-5-3-4-6-7;;;;/h3,5H,4H2,1-2H3;3*1H;/q;;;;+3/p-3. The van der Waals surface area contributed by atoms with Crippen LogP contribution in [-0.4, -0.2) is 6.71 Å². The molecule has 66 valence electrons. The molecule has 0 saturated carbocycles. The van der Waals surface area contributed by atoms with Crippen molar-refractivity contribution in [3.05, 3.63) is 21.5 Å². The third kappa shape index (κ3) is 4.99. The molecule has 12 heavy (non-hydrogen) atoms. The van der Waals surface area contributed by atoms with E-state index in [9.17, 15) is 0 Å². The van der Waals surface area contributed by atoms with Crippen molar-refractivity contribution in [2.24, 2.45) is 0 Å². The van der Waals surface area contributed by atoms with Gasteiger partial charge in [-0.15, -0.1) is 0 Å². The van der Waals surface area contributed by atoms with Gasteiger partial charge in [-0.1, -0.05) is 0 Å². The molecular formula is C7H10BCl3Ti. The van der Waals surface area contributed by atoms with Crippen LogP contribution in [0.5, 0.6) is 0 Å². The fraction of sp³-hybridized carbons (Fsp3) is 0.429. The summed E-state index contributed by atoms with van der Waals surface area (Å²) in [5.74, 6) is 0. The Labute approximate surface area is 105 Å². The van der Waals surface area contributed by atoms with Crippen LogP contribution in [0.2, 0.25) is 13.6 Å². The van der Waals surface area contributed by atoms with Crippen molar-refractivity contribution < 1.29 is 57.7 Å². The predicted molar refractivity (Wildman–Crippen MR) is 38.3 cm³/mol. The van der Waals surface area contributed by atoms with Crippen LogP contribution in [0.15, 0.2) is 21.5 Å². The maximum atomic E-state index is 2.25. The second kappa shape index (κ2) is 8.72. The molecule has 1 aliphatic carbocycles. The maximum absolute atomic E-state index is 2.25. The number of hydrogen-bond donors (Lipinski definition) is 0. The molecule has 0 aromatic heterocycles. The third-order valence-electron chi connectivity index (χ3n) is 1.59. The largest absolute Gasteiger partial charge is 1.00 e. The topological polar surface area (TPSA) is 0 Å². The summed E-state index contributed by atoms with van der Waals surface area (Å²) in [6, 6.07) is 0. The first kappa shape index (κ1) is 18.8. The Morgan fingerprint density at radius 1 is 1.25 bits per heavy atom. The van der Waals surface area contributed by atoms with E-state index in [4.69, 9.17) is 0 Å². The first-order valence-corrected chi connectivity index (χ1v) is 4.11. The molecule has 0 radical (unpaired) electrons. The number of halogens is 3. The Hall–Kier alpha value is 1.13. The molecule has 0 amide bonds. The summed E-state index contributed by atoms with van der Waals surface area (Å²) in [4.78, 5) is 0. The van der Waals surface area contributed by atoms with Crippen molar-refractivity contribution >= 4 is 6.71 Å². The van der Waals surface area contributed by atoms with Gasteiger partial charge in [-0.05, 0) is 0 Å². The van der Waals surface area contributed by atoms with Gasteiger partial charge in [-0.3, -0.25) is 0 Å². The summed E-state index contributed by atoms with van der Waals surface area (Å²) in [5, 5.41) is 0. The van der Waals surface area contributed by atoms with Crippen LogP contribution in [0, 0.1) is 0 Å². The molecule has 0 unspecified atom stereocenters. The molecule has 0 spiro atoms. The van der Waals surface area contributed by atoms with Crippen LogP contribution in [-0.2, 0) is 20.4 Å². The smallest absolute Gasteiger partial charge is 1.00 e. The SMILES string of the molecule is CB(C)C1=[C]([Ti+3])CC=C1.[Cl-].[Cl-].[Cl-]. The molecule has 0 heterocycles. The monoisotopic (exact) mass is 258 g/mol. The van der Waals surface area contributed by atoms with Crippen LogP contribution < -0.4 is 37.2 Å². The molecular weight excluding hydrogens is 249 g/mol. The van der Waals surface area contributed by atoms with Gasteiger partial charge in [0.1, 0.15) is 0 Å². The minimum absolute atomic E-state index is 0. The van der Waals surface area contributed by atoms with Gasteiger partial charge in [-0.25, -0.2) is 0 Å². The molecule has 0 nitrogen and oxygen atoms in total. The second-order valence-corrected chi connectivity index (χ2v) is 3.64. The minimum Gasteiger partial charge on any atom is -1.00 e. The Kier molecular flexibility index (Phi) is 13.7. The predicted octanol–water partition coefficient (Wildman–Crippen LogP) is -6.95. The van der Waals surface area contributed by atoms with E-state index in [1.807, 2.05) is 0 Å². The van der Waals surface area contributed by atoms with Gasteiger partial charge in [0, 0.05) is 0 Å². The first-order valence-electron chi connectivity index (χ1n) is 3.33. The zero-order chi connectivity index (χ0) is 6.85. The van der Waals surface area contributed by atoms with Crippen molar-refractivity contribution in [3.8, 4) is 0 Å². The quantitative estimate of drug-likeness (QED) is 0.411. The fourth-order valence-electron chi connectivity index (χ4n) is 1.06. The summed E-state index contributed by atoms with van der Waals surface area (Å²) in [7, 11) is 0. The molecule has 5 heteroatoms. The summed E-state index contributed by atoms with van der Waals surface area (Å²) in [5.41, 5.74) is 1.54. The van der Waals surface area contributed by atoms with E-state index in [1.54, 1.807) is 3.88 Å². The summed E-state index contributed by atoms with van der Waals surface area (Å²) >= 11 is 2.22. The van der Waals surface area contributed by atoms with E-state index in [1.165, 1.54) is 11.9 Å². The van der Waals surface area contributed by atoms with E-state index in [0.717, 1.165) is 0 Å². The van der Waals surface area contributed by atoms with E-state index in [0.29, 0.717) is 6.71 Å². The zero-order valence-electron chi connectivity index (χ0n) is 7.07. The molecule has 0 saturated heterocycles. The molecule has 0 bridgehead atoms. The van der Waals surface area contributed by atoms with Crippen molar-refractivity contribution in [1.29, 1.82) is 0 Å². The first-order chi connectivity index (χ1) is 4.22. The molecule has 0 atom stereocenters. The van der Waals surface area contributed by atoms with Crippen molar-refractivity contribution in [2.45, 2.75) is 20.1 Å². The average Bonchev–Trinajstić information content (AvgIpc) is 2.13. The van der Waals surface area contributed by atoms with E-state index in [-0.39, 0.29) is 37.2 Å². The minimum atomic E-state index is 0. The molecule has 0 aromatic rings. The van der Waals surface area contributed by atoms with Crippen LogP contribution in [0.4, 0.5) is 0 Å². The number of allylic oxidation sites excluding steroid dienone is 4. The Morgan fingerprint density at radius 2 is 1.75 bits per heavy atom. The van der Waals surface area contributed by atoms with Gasteiger partial charge in [-0.2, -0.15) is 0 Å². The zero-order valence-corrected chi connectivity index (χ0v) is 10.9. The molecule has 0 fully saturated rings. The molecule has 0 N–H and O–H groups in total. The molecule has 0 aliphatic heterocycles. The van der Waals surface area contributed by atoms with E-state index < -0.39 is 0 Å². The third-order valence-corrected chi connectivity index (χ3v) is 2.36. The van der Waals surface area contributed by atoms with Crippen LogP contribution in [0.1, 0.15) is 6.42 Å². The van der Waals surface area contributed by atoms with Gasteiger partial charge < -0.3 is 37.2 Å². The van der Waals surface area contributed by atoms with Crippen LogP contribution in [0.3, 0.4) is 0 Å². The van der Waals surface area contributed by atoms with Gasteiger partial charge in [0.05, 0.1) is 0 Å². The van der Waals surface area contributed by atoms with Gasteiger partial charge in [0.25, 0.3) is 0 Å². The maximum Gasteiger partial charge on any atom is -1.00 e. The van der Waals surface area contributed by atoms with Crippen molar-refractivity contribution in [2.75, 3.05) is 0 Å². The van der Waals surface area contributed by atoms with Crippen LogP contribution in [0.25, 0.3) is 0 Å². The summed E-state index contributed by atoms with van der Waals surface area (Å²) in [6.07, 6.45) is 5.66. The number of rotatable bonds is 1. The number of hydrogen-bond acceptors (Lipinski definition) is 0. The normalized spacial score (nSPS) is 13.0. The van der Waals surface area contributed by atoms with Gasteiger partial charge >= 0.3 is 68.7 Å². The average molecular weight is 259 g/mol. The fourth-order valence-corrected chi connectivity index (χ4v) is 1.83.